The van der Waals surface area contributed by atoms with E-state index < -0.39 is 0 Å². The summed E-state index contributed by atoms with van der Waals surface area (Å²) in [5.41, 5.74) is 0.319. The highest BCUT2D eigenvalue weighted by Crippen LogP contribution is 2.33. The van der Waals surface area contributed by atoms with Gasteiger partial charge in [0, 0.05) is 12.4 Å². The van der Waals surface area contributed by atoms with Crippen molar-refractivity contribution in [3.63, 3.8) is 0 Å². The van der Waals surface area contributed by atoms with Crippen LogP contribution < -0.4 is 10.6 Å². The fourth-order valence-electron chi connectivity index (χ4n) is 2.84. The highest BCUT2D eigenvalue weighted by Gasteiger charge is 2.41. The lowest BCUT2D eigenvalue weighted by molar-refractivity contribution is -0.0194. The van der Waals surface area contributed by atoms with E-state index in [1.54, 1.807) is 6.20 Å². The van der Waals surface area contributed by atoms with Gasteiger partial charge in [-0.15, -0.1) is 12.4 Å². The van der Waals surface area contributed by atoms with Crippen molar-refractivity contribution in [1.29, 1.82) is 0 Å². The Hall–Kier alpha value is -1.24. The topological polar surface area (TPSA) is 76.1 Å². The lowest BCUT2D eigenvalue weighted by atomic mass is 9.88. The molecule has 3 heterocycles. The van der Waals surface area contributed by atoms with E-state index in [-0.39, 0.29) is 30.0 Å². The molecule has 1 spiro atoms. The molecule has 0 aromatic carbocycles. The Labute approximate surface area is 124 Å². The summed E-state index contributed by atoms with van der Waals surface area (Å²) in [5.74, 6) is -0.173. The Morgan fingerprint density at radius 1 is 1.40 bits per heavy atom. The molecule has 110 valence electrons. The fraction of sp³-hybridized carbons (Fsp3) is 0.615. The molecule has 1 amide bonds. The number of rotatable bonds is 2. The Kier molecular flexibility index (Phi) is 4.91. The van der Waals surface area contributed by atoms with Crippen LogP contribution in [0, 0.1) is 0 Å². The van der Waals surface area contributed by atoms with Gasteiger partial charge in [0.05, 0.1) is 24.4 Å². The minimum Gasteiger partial charge on any atom is -0.373 e. The highest BCUT2D eigenvalue weighted by atomic mass is 35.5. The van der Waals surface area contributed by atoms with Gasteiger partial charge in [-0.25, -0.2) is 4.98 Å². The molecule has 2 aliphatic rings. The van der Waals surface area contributed by atoms with Gasteiger partial charge < -0.3 is 15.4 Å². The van der Waals surface area contributed by atoms with Crippen LogP contribution in [0.25, 0.3) is 0 Å². The quantitative estimate of drug-likeness (QED) is 0.833. The number of amides is 1. The van der Waals surface area contributed by atoms with Crippen LogP contribution in [0.15, 0.2) is 18.6 Å². The van der Waals surface area contributed by atoms with Gasteiger partial charge >= 0.3 is 0 Å². The maximum atomic E-state index is 12.0. The molecule has 0 radical (unpaired) electrons. The lowest BCUT2D eigenvalue weighted by Crippen LogP contribution is -2.43. The van der Waals surface area contributed by atoms with Gasteiger partial charge in [0.2, 0.25) is 0 Å². The number of nitrogens with zero attached hydrogens (tertiary/aromatic N) is 2. The van der Waals surface area contributed by atoms with Crippen molar-refractivity contribution >= 4 is 18.3 Å². The first-order valence-corrected chi connectivity index (χ1v) is 6.69. The fourth-order valence-corrected chi connectivity index (χ4v) is 2.84. The van der Waals surface area contributed by atoms with Gasteiger partial charge in [-0.05, 0) is 32.4 Å². The summed E-state index contributed by atoms with van der Waals surface area (Å²) in [6.07, 6.45) is 7.48. The van der Waals surface area contributed by atoms with E-state index in [1.807, 2.05) is 0 Å². The number of piperidine rings is 1. The number of hydrogen-bond acceptors (Lipinski definition) is 5. The Morgan fingerprint density at radius 2 is 2.20 bits per heavy atom. The maximum absolute atomic E-state index is 12.0. The molecule has 1 aromatic rings. The molecule has 0 aliphatic carbocycles. The second kappa shape index (κ2) is 6.47. The van der Waals surface area contributed by atoms with Crippen LogP contribution in [0.5, 0.6) is 0 Å². The number of hydrogen-bond donors (Lipinski definition) is 2. The molecule has 20 heavy (non-hydrogen) atoms. The van der Waals surface area contributed by atoms with Gasteiger partial charge in [0.15, 0.2) is 0 Å². The third kappa shape index (κ3) is 3.26. The predicted molar refractivity (Wildman–Crippen MR) is 75.9 cm³/mol. The van der Waals surface area contributed by atoms with Crippen LogP contribution in [0.4, 0.5) is 0 Å². The van der Waals surface area contributed by atoms with E-state index in [4.69, 9.17) is 4.74 Å². The van der Waals surface area contributed by atoms with E-state index in [0.717, 1.165) is 32.4 Å². The van der Waals surface area contributed by atoms with Crippen molar-refractivity contribution < 1.29 is 9.53 Å². The van der Waals surface area contributed by atoms with E-state index in [1.165, 1.54) is 12.4 Å². The van der Waals surface area contributed by atoms with Crippen molar-refractivity contribution in [3.8, 4) is 0 Å². The van der Waals surface area contributed by atoms with E-state index in [0.29, 0.717) is 12.3 Å². The third-order valence-electron chi connectivity index (χ3n) is 3.85. The molecule has 7 heteroatoms. The monoisotopic (exact) mass is 298 g/mol. The van der Waals surface area contributed by atoms with Crippen molar-refractivity contribution in [2.75, 3.05) is 19.7 Å². The van der Waals surface area contributed by atoms with Crippen molar-refractivity contribution in [3.05, 3.63) is 24.3 Å². The van der Waals surface area contributed by atoms with Gasteiger partial charge in [-0.1, -0.05) is 0 Å². The van der Waals surface area contributed by atoms with E-state index in [9.17, 15) is 4.79 Å². The summed E-state index contributed by atoms with van der Waals surface area (Å²) in [4.78, 5) is 19.9. The Bertz CT molecular complexity index is 451. The van der Waals surface area contributed by atoms with Gasteiger partial charge in [-0.3, -0.25) is 9.78 Å². The van der Waals surface area contributed by atoms with Gasteiger partial charge in [-0.2, -0.15) is 0 Å². The zero-order valence-corrected chi connectivity index (χ0v) is 12.0. The first-order chi connectivity index (χ1) is 9.27. The van der Waals surface area contributed by atoms with Crippen LogP contribution in [0.2, 0.25) is 0 Å². The van der Waals surface area contributed by atoms with Crippen LogP contribution >= 0.6 is 12.4 Å². The second-order valence-electron chi connectivity index (χ2n) is 5.21. The van der Waals surface area contributed by atoms with Gasteiger partial charge in [0.1, 0.15) is 5.69 Å². The standard InChI is InChI=1S/C13H18N4O2.ClH/c18-12(11-8-15-5-6-16-11)17-10-7-13(19-9-10)1-3-14-4-2-13;/h5-6,8,10,14H,1-4,7,9H2,(H,17,18);1H. The van der Waals surface area contributed by atoms with E-state index >= 15 is 0 Å². The molecule has 0 saturated carbocycles. The molecule has 3 rings (SSSR count). The number of halogens is 1. The highest BCUT2D eigenvalue weighted by molar-refractivity contribution is 5.92. The molecule has 2 aliphatic heterocycles. The summed E-state index contributed by atoms with van der Waals surface area (Å²) >= 11 is 0. The van der Waals surface area contributed by atoms with Crippen molar-refractivity contribution in [2.24, 2.45) is 0 Å². The number of aromatic nitrogens is 2. The zero-order valence-electron chi connectivity index (χ0n) is 11.2. The molecule has 2 saturated heterocycles. The molecule has 0 bridgehead atoms. The van der Waals surface area contributed by atoms with Gasteiger partial charge in [0.25, 0.3) is 5.91 Å². The summed E-state index contributed by atoms with van der Waals surface area (Å²) in [6.45, 7) is 2.57. The van der Waals surface area contributed by atoms with Crippen molar-refractivity contribution in [1.82, 2.24) is 20.6 Å². The van der Waals surface area contributed by atoms with Crippen LogP contribution in [-0.2, 0) is 4.74 Å². The maximum Gasteiger partial charge on any atom is 0.271 e. The summed E-state index contributed by atoms with van der Waals surface area (Å²) in [5, 5.41) is 6.31. The Morgan fingerprint density at radius 3 is 2.90 bits per heavy atom. The zero-order chi connectivity index (χ0) is 13.1. The number of nitrogens with one attached hydrogen (secondary N) is 2. The van der Waals surface area contributed by atoms with Crippen molar-refractivity contribution in [2.45, 2.75) is 30.9 Å². The molecule has 1 atom stereocenters. The molecular weight excluding hydrogens is 280 g/mol. The summed E-state index contributed by atoms with van der Waals surface area (Å²) in [7, 11) is 0. The molecule has 6 nitrogen and oxygen atoms in total. The normalized spacial score (nSPS) is 24.1. The van der Waals surface area contributed by atoms with E-state index in [2.05, 4.69) is 20.6 Å². The molecule has 1 aromatic heterocycles. The number of ether oxygens (including phenoxy) is 1. The SMILES string of the molecule is Cl.O=C(NC1COC2(CCNCC2)C1)c1cnccn1. The summed E-state index contributed by atoms with van der Waals surface area (Å²) in [6, 6.07) is 0.0765. The largest absolute Gasteiger partial charge is 0.373 e. The molecule has 2 fully saturated rings. The average molecular weight is 299 g/mol. The molecular formula is C13H19ClN4O2. The number of carbonyl (C=O) groups excluding carboxylic acids is 1. The molecule has 1 unspecified atom stereocenters. The minimum atomic E-state index is -0.173. The first-order valence-electron chi connectivity index (χ1n) is 6.69. The number of carbonyl (C=O) groups is 1. The van der Waals surface area contributed by atoms with Crippen LogP contribution in [-0.4, -0.2) is 47.2 Å². The average Bonchev–Trinajstić information content (AvgIpc) is 2.83. The lowest BCUT2D eigenvalue weighted by Gasteiger charge is -2.32. The minimum absolute atomic E-state index is 0. The second-order valence-corrected chi connectivity index (χ2v) is 5.21. The Balaban J connectivity index is 0.00000147. The predicted octanol–water partition coefficient (Wildman–Crippen LogP) is 0.539. The van der Waals surface area contributed by atoms with Crippen LogP contribution in [0.1, 0.15) is 29.8 Å². The first kappa shape index (κ1) is 15.2. The summed E-state index contributed by atoms with van der Waals surface area (Å²) < 4.78 is 5.94. The molecule has 2 N–H and O–H groups in total. The van der Waals surface area contributed by atoms with Crippen LogP contribution in [0.3, 0.4) is 0 Å². The third-order valence-corrected chi connectivity index (χ3v) is 3.85. The smallest absolute Gasteiger partial charge is 0.271 e.